The molecule has 1 saturated heterocycles. The molecule has 1 aliphatic heterocycles. The van der Waals surface area contributed by atoms with Gasteiger partial charge in [-0.05, 0) is 61.5 Å². The number of rotatable bonds is 3. The van der Waals surface area contributed by atoms with Crippen LogP contribution in [0.4, 0.5) is 5.82 Å². The number of aromatic nitrogens is 1. The first kappa shape index (κ1) is 18.1. The number of piperazine rings is 1. The summed E-state index contributed by atoms with van der Waals surface area (Å²) in [4.78, 5) is 9.16. The maximum atomic E-state index is 5.95. The number of pyridine rings is 1. The first-order valence-electron chi connectivity index (χ1n) is 8.47. The van der Waals surface area contributed by atoms with Crippen molar-refractivity contribution in [2.24, 2.45) is 0 Å². The molecule has 0 aliphatic carbocycles. The second kappa shape index (κ2) is 8.13. The Kier molecular flexibility index (Phi) is 5.89. The van der Waals surface area contributed by atoms with Crippen LogP contribution >= 0.6 is 23.8 Å². The second-order valence-electron chi connectivity index (χ2n) is 6.49. The first-order chi connectivity index (χ1) is 12.0. The van der Waals surface area contributed by atoms with Crippen LogP contribution in [0.2, 0.25) is 5.02 Å². The molecule has 1 aromatic carbocycles. The number of aryl methyl sites for hydroxylation is 2. The molecule has 0 amide bonds. The van der Waals surface area contributed by atoms with Gasteiger partial charge in [-0.3, -0.25) is 4.90 Å². The largest absolute Gasteiger partial charge is 0.346 e. The Bertz CT molecular complexity index is 719. The van der Waals surface area contributed by atoms with Gasteiger partial charge in [0.2, 0.25) is 0 Å². The maximum absolute atomic E-state index is 5.95. The molecule has 0 saturated carbocycles. The van der Waals surface area contributed by atoms with Crippen molar-refractivity contribution in [2.75, 3.05) is 31.5 Å². The Morgan fingerprint density at radius 2 is 1.80 bits per heavy atom. The summed E-state index contributed by atoms with van der Waals surface area (Å²) in [6.45, 7) is 8.84. The highest BCUT2D eigenvalue weighted by Gasteiger charge is 2.19. The average molecular weight is 375 g/mol. The maximum Gasteiger partial charge on any atom is 0.174 e. The van der Waals surface area contributed by atoms with Crippen molar-refractivity contribution in [3.8, 4) is 0 Å². The van der Waals surface area contributed by atoms with Crippen molar-refractivity contribution in [3.05, 3.63) is 58.2 Å². The lowest BCUT2D eigenvalue weighted by atomic mass is 10.2. The van der Waals surface area contributed by atoms with E-state index >= 15 is 0 Å². The molecular weight excluding hydrogens is 352 g/mol. The molecule has 1 aliphatic rings. The molecule has 0 unspecified atom stereocenters. The fourth-order valence-electron chi connectivity index (χ4n) is 3.05. The third-order valence-corrected chi connectivity index (χ3v) is 4.92. The van der Waals surface area contributed by atoms with Crippen molar-refractivity contribution in [3.63, 3.8) is 0 Å². The zero-order chi connectivity index (χ0) is 17.8. The summed E-state index contributed by atoms with van der Waals surface area (Å²) in [6.07, 6.45) is 0. The number of halogens is 1. The van der Waals surface area contributed by atoms with E-state index in [9.17, 15) is 0 Å². The monoisotopic (exact) mass is 374 g/mol. The van der Waals surface area contributed by atoms with Gasteiger partial charge in [-0.1, -0.05) is 23.7 Å². The first-order valence-corrected chi connectivity index (χ1v) is 9.26. The SMILES string of the molecule is Cc1cc(C)nc(NC(=S)N2CCN(Cc3ccc(Cl)cc3)CC2)c1. The van der Waals surface area contributed by atoms with Gasteiger partial charge >= 0.3 is 0 Å². The average Bonchev–Trinajstić information content (AvgIpc) is 2.56. The lowest BCUT2D eigenvalue weighted by Crippen LogP contribution is -2.49. The molecule has 4 nitrogen and oxygen atoms in total. The standard InChI is InChI=1S/C19H23ClN4S/c1-14-11-15(2)21-18(12-14)22-19(25)24-9-7-23(8-10-24)13-16-3-5-17(20)6-4-16/h3-6,11-12H,7-10,13H2,1-2H3,(H,21,22,25). The summed E-state index contributed by atoms with van der Waals surface area (Å²) in [6, 6.07) is 12.2. The summed E-state index contributed by atoms with van der Waals surface area (Å²) in [5.74, 6) is 0.825. The molecule has 1 fully saturated rings. The lowest BCUT2D eigenvalue weighted by Gasteiger charge is -2.36. The predicted octanol–water partition coefficient (Wildman–Crippen LogP) is 3.87. The molecule has 132 valence electrons. The summed E-state index contributed by atoms with van der Waals surface area (Å²) in [5.41, 5.74) is 3.47. The zero-order valence-electron chi connectivity index (χ0n) is 14.6. The fourth-order valence-corrected chi connectivity index (χ4v) is 3.46. The van der Waals surface area contributed by atoms with Gasteiger partial charge in [0.1, 0.15) is 5.82 Å². The van der Waals surface area contributed by atoms with Crippen LogP contribution < -0.4 is 5.32 Å². The van der Waals surface area contributed by atoms with Crippen LogP contribution in [0.1, 0.15) is 16.8 Å². The summed E-state index contributed by atoms with van der Waals surface area (Å²) >= 11 is 11.5. The van der Waals surface area contributed by atoms with E-state index in [2.05, 4.69) is 45.2 Å². The van der Waals surface area contributed by atoms with Crippen LogP contribution in [0.5, 0.6) is 0 Å². The van der Waals surface area contributed by atoms with Gasteiger partial charge in [0, 0.05) is 43.4 Å². The quantitative estimate of drug-likeness (QED) is 0.824. The van der Waals surface area contributed by atoms with Crippen LogP contribution in [0, 0.1) is 13.8 Å². The minimum atomic E-state index is 0.753. The minimum absolute atomic E-state index is 0.753. The van der Waals surface area contributed by atoms with Gasteiger partial charge in [-0.2, -0.15) is 0 Å². The van der Waals surface area contributed by atoms with Gasteiger partial charge in [0.05, 0.1) is 0 Å². The van der Waals surface area contributed by atoms with E-state index in [-0.39, 0.29) is 0 Å². The number of hydrogen-bond donors (Lipinski definition) is 1. The van der Waals surface area contributed by atoms with Gasteiger partial charge in [0.25, 0.3) is 0 Å². The zero-order valence-corrected chi connectivity index (χ0v) is 16.2. The van der Waals surface area contributed by atoms with Gasteiger partial charge in [0.15, 0.2) is 5.11 Å². The predicted molar refractivity (Wildman–Crippen MR) is 108 cm³/mol. The highest BCUT2D eigenvalue weighted by molar-refractivity contribution is 7.80. The van der Waals surface area contributed by atoms with Crippen molar-refractivity contribution in [2.45, 2.75) is 20.4 Å². The lowest BCUT2D eigenvalue weighted by molar-refractivity contribution is 0.177. The summed E-state index contributed by atoms with van der Waals surface area (Å²) in [5, 5.41) is 4.81. The highest BCUT2D eigenvalue weighted by atomic mass is 35.5. The van der Waals surface area contributed by atoms with Crippen LogP contribution in [0.3, 0.4) is 0 Å². The topological polar surface area (TPSA) is 31.4 Å². The van der Waals surface area contributed by atoms with Gasteiger partial charge < -0.3 is 10.2 Å². The smallest absolute Gasteiger partial charge is 0.174 e. The Morgan fingerprint density at radius 3 is 2.44 bits per heavy atom. The van der Waals surface area contributed by atoms with Gasteiger partial charge in [-0.15, -0.1) is 0 Å². The van der Waals surface area contributed by atoms with E-state index in [4.69, 9.17) is 23.8 Å². The number of thiocarbonyl (C=S) groups is 1. The van der Waals surface area contributed by atoms with Crippen molar-refractivity contribution in [1.29, 1.82) is 0 Å². The number of nitrogens with one attached hydrogen (secondary N) is 1. The molecular formula is C19H23ClN4S. The molecule has 0 spiro atoms. The van der Waals surface area contributed by atoms with Crippen LogP contribution in [-0.4, -0.2) is 46.1 Å². The molecule has 0 bridgehead atoms. The van der Waals surface area contributed by atoms with E-state index in [1.165, 1.54) is 11.1 Å². The van der Waals surface area contributed by atoms with Crippen molar-refractivity contribution >= 4 is 34.7 Å². The number of anilines is 1. The van der Waals surface area contributed by atoms with E-state index in [0.29, 0.717) is 0 Å². The molecule has 25 heavy (non-hydrogen) atoms. The molecule has 2 heterocycles. The fraction of sp³-hybridized carbons (Fsp3) is 0.368. The summed E-state index contributed by atoms with van der Waals surface area (Å²) < 4.78 is 0. The van der Waals surface area contributed by atoms with Gasteiger partial charge in [-0.25, -0.2) is 4.98 Å². The molecule has 3 rings (SSSR count). The summed E-state index contributed by atoms with van der Waals surface area (Å²) in [7, 11) is 0. The van der Waals surface area contributed by atoms with Crippen LogP contribution in [-0.2, 0) is 6.54 Å². The second-order valence-corrected chi connectivity index (χ2v) is 7.31. The molecule has 0 radical (unpaired) electrons. The highest BCUT2D eigenvalue weighted by Crippen LogP contribution is 2.14. The minimum Gasteiger partial charge on any atom is -0.346 e. The van der Waals surface area contributed by atoms with Crippen LogP contribution in [0.15, 0.2) is 36.4 Å². The molecule has 1 N–H and O–H groups in total. The van der Waals surface area contributed by atoms with E-state index in [1.807, 2.05) is 25.1 Å². The van der Waals surface area contributed by atoms with E-state index < -0.39 is 0 Å². The normalized spacial score (nSPS) is 15.2. The number of benzene rings is 1. The molecule has 0 atom stereocenters. The van der Waals surface area contributed by atoms with E-state index in [0.717, 1.165) is 54.4 Å². The number of hydrogen-bond acceptors (Lipinski definition) is 3. The molecule has 2 aromatic rings. The number of nitrogens with zero attached hydrogens (tertiary/aromatic N) is 3. The molecule has 6 heteroatoms. The van der Waals surface area contributed by atoms with Crippen LogP contribution in [0.25, 0.3) is 0 Å². The Balaban J connectivity index is 1.51. The Hall–Kier alpha value is -1.69. The Morgan fingerprint density at radius 1 is 1.12 bits per heavy atom. The van der Waals surface area contributed by atoms with E-state index in [1.54, 1.807) is 0 Å². The van der Waals surface area contributed by atoms with Crippen molar-refractivity contribution < 1.29 is 0 Å². The third kappa shape index (κ3) is 5.14. The third-order valence-electron chi connectivity index (χ3n) is 4.31. The molecule has 1 aromatic heterocycles. The van der Waals surface area contributed by atoms with Crippen molar-refractivity contribution in [1.82, 2.24) is 14.8 Å². The Labute approximate surface area is 159 Å².